The number of carbonyl (C=O) groups excluding carboxylic acids is 1. The van der Waals surface area contributed by atoms with Crippen LogP contribution in [0.2, 0.25) is 0 Å². The topological polar surface area (TPSA) is 68.0 Å². The van der Waals surface area contributed by atoms with E-state index < -0.39 is 0 Å². The van der Waals surface area contributed by atoms with Crippen LogP contribution in [0.5, 0.6) is 0 Å². The molecule has 4 rings (SSSR count). The largest absolute Gasteiger partial charge is 0.416 e. The highest BCUT2D eigenvalue weighted by Crippen LogP contribution is 2.24. The molecular formula is C21H17N3O2S. The summed E-state index contributed by atoms with van der Waals surface area (Å²) in [4.78, 5) is 12.3. The van der Waals surface area contributed by atoms with E-state index in [1.165, 1.54) is 11.8 Å². The Labute approximate surface area is 160 Å². The molecule has 1 amide bonds. The van der Waals surface area contributed by atoms with Gasteiger partial charge < -0.3 is 9.73 Å². The van der Waals surface area contributed by atoms with Crippen molar-refractivity contribution in [2.75, 3.05) is 11.1 Å². The number of rotatable bonds is 6. The van der Waals surface area contributed by atoms with Crippen LogP contribution in [-0.4, -0.2) is 21.9 Å². The summed E-state index contributed by atoms with van der Waals surface area (Å²) in [7, 11) is 0. The van der Waals surface area contributed by atoms with Crippen LogP contribution in [-0.2, 0) is 11.2 Å². The number of hydrogen-bond acceptors (Lipinski definition) is 5. The number of amides is 1. The Bertz CT molecular complexity index is 1060. The molecule has 3 aromatic carbocycles. The van der Waals surface area contributed by atoms with Crippen molar-refractivity contribution < 1.29 is 9.21 Å². The van der Waals surface area contributed by atoms with Crippen LogP contribution in [0.15, 0.2) is 82.4 Å². The first-order valence-electron chi connectivity index (χ1n) is 8.55. The number of hydrogen-bond donors (Lipinski definition) is 1. The summed E-state index contributed by atoms with van der Waals surface area (Å²) >= 11 is 1.23. The maximum atomic E-state index is 12.3. The standard InChI is InChI=1S/C21H17N3O2S/c25-19(22-18-12-6-10-16-9-4-5-11-17(16)18)14-27-21-24-23-20(26-21)13-15-7-2-1-3-8-15/h1-12H,13-14H2,(H,22,25). The van der Waals surface area contributed by atoms with Crippen LogP contribution in [0.4, 0.5) is 5.69 Å². The molecule has 0 saturated heterocycles. The summed E-state index contributed by atoms with van der Waals surface area (Å²) < 4.78 is 5.62. The fourth-order valence-corrected chi connectivity index (χ4v) is 3.37. The highest BCUT2D eigenvalue weighted by Gasteiger charge is 2.11. The van der Waals surface area contributed by atoms with Crippen LogP contribution >= 0.6 is 11.8 Å². The molecule has 0 spiro atoms. The van der Waals surface area contributed by atoms with Gasteiger partial charge in [-0.2, -0.15) is 0 Å². The summed E-state index contributed by atoms with van der Waals surface area (Å²) in [6.07, 6.45) is 0.580. The lowest BCUT2D eigenvalue weighted by Crippen LogP contribution is -2.14. The van der Waals surface area contributed by atoms with Crippen molar-refractivity contribution in [3.05, 3.63) is 84.3 Å². The van der Waals surface area contributed by atoms with Gasteiger partial charge in [0.25, 0.3) is 5.22 Å². The molecule has 0 saturated carbocycles. The minimum atomic E-state index is -0.112. The average molecular weight is 375 g/mol. The van der Waals surface area contributed by atoms with E-state index in [9.17, 15) is 4.79 Å². The van der Waals surface area contributed by atoms with Gasteiger partial charge in [0.05, 0.1) is 12.2 Å². The number of thioether (sulfide) groups is 1. The zero-order valence-corrected chi connectivity index (χ0v) is 15.3. The molecule has 0 atom stereocenters. The maximum Gasteiger partial charge on any atom is 0.277 e. The second-order valence-corrected chi connectivity index (χ2v) is 6.91. The third-order valence-corrected chi connectivity index (χ3v) is 4.86. The molecule has 0 unspecified atom stereocenters. The Balaban J connectivity index is 1.35. The second kappa shape index (κ2) is 8.05. The molecular weight excluding hydrogens is 358 g/mol. The van der Waals surface area contributed by atoms with E-state index in [0.717, 1.165) is 22.0 Å². The average Bonchev–Trinajstić information content (AvgIpc) is 3.15. The van der Waals surface area contributed by atoms with Gasteiger partial charge in [-0.05, 0) is 17.0 Å². The lowest BCUT2D eigenvalue weighted by atomic mass is 10.1. The molecule has 134 valence electrons. The molecule has 0 fully saturated rings. The lowest BCUT2D eigenvalue weighted by molar-refractivity contribution is -0.113. The number of nitrogens with zero attached hydrogens (tertiary/aromatic N) is 2. The third-order valence-electron chi connectivity index (χ3n) is 4.04. The summed E-state index contributed by atoms with van der Waals surface area (Å²) in [6, 6.07) is 23.7. The summed E-state index contributed by atoms with van der Waals surface area (Å²) in [6.45, 7) is 0. The van der Waals surface area contributed by atoms with E-state index in [2.05, 4.69) is 15.5 Å². The fraction of sp³-hybridized carbons (Fsp3) is 0.0952. The van der Waals surface area contributed by atoms with Gasteiger partial charge in [-0.15, -0.1) is 10.2 Å². The molecule has 4 aromatic rings. The first kappa shape index (κ1) is 17.3. The Hall–Kier alpha value is -3.12. The van der Waals surface area contributed by atoms with Gasteiger partial charge in [0, 0.05) is 11.1 Å². The van der Waals surface area contributed by atoms with Crippen LogP contribution < -0.4 is 5.32 Å². The number of fused-ring (bicyclic) bond motifs is 1. The van der Waals surface area contributed by atoms with Gasteiger partial charge in [0.15, 0.2) is 0 Å². The minimum Gasteiger partial charge on any atom is -0.416 e. The van der Waals surface area contributed by atoms with Gasteiger partial charge in [-0.25, -0.2) is 0 Å². The predicted molar refractivity (Wildman–Crippen MR) is 107 cm³/mol. The first-order chi connectivity index (χ1) is 13.3. The van der Waals surface area contributed by atoms with Gasteiger partial charge in [0.1, 0.15) is 0 Å². The van der Waals surface area contributed by atoms with Crippen molar-refractivity contribution >= 4 is 34.1 Å². The molecule has 1 heterocycles. The Morgan fingerprint density at radius 3 is 2.59 bits per heavy atom. The normalized spacial score (nSPS) is 10.8. The highest BCUT2D eigenvalue weighted by molar-refractivity contribution is 7.99. The molecule has 0 bridgehead atoms. The lowest BCUT2D eigenvalue weighted by Gasteiger charge is -2.07. The third kappa shape index (κ3) is 4.35. The SMILES string of the molecule is O=C(CSc1nnc(Cc2ccccc2)o1)Nc1cccc2ccccc12. The molecule has 1 aromatic heterocycles. The zero-order chi connectivity index (χ0) is 18.5. The van der Waals surface area contributed by atoms with Crippen molar-refractivity contribution in [3.8, 4) is 0 Å². The molecule has 0 radical (unpaired) electrons. The number of carbonyl (C=O) groups is 1. The monoisotopic (exact) mass is 375 g/mol. The fourth-order valence-electron chi connectivity index (χ4n) is 2.79. The highest BCUT2D eigenvalue weighted by atomic mass is 32.2. The molecule has 27 heavy (non-hydrogen) atoms. The summed E-state index contributed by atoms with van der Waals surface area (Å²) in [5, 5.41) is 13.5. The zero-order valence-electron chi connectivity index (χ0n) is 14.5. The Morgan fingerprint density at radius 2 is 1.70 bits per heavy atom. The van der Waals surface area contributed by atoms with Gasteiger partial charge in [-0.3, -0.25) is 4.79 Å². The first-order valence-corrected chi connectivity index (χ1v) is 9.53. The molecule has 0 aliphatic heterocycles. The number of benzene rings is 3. The Kier molecular flexibility index (Phi) is 5.16. The predicted octanol–water partition coefficient (Wildman–Crippen LogP) is 4.54. The van der Waals surface area contributed by atoms with Crippen LogP contribution in [0.1, 0.15) is 11.5 Å². The van der Waals surface area contributed by atoms with E-state index in [1.807, 2.05) is 72.8 Å². The number of anilines is 1. The Morgan fingerprint density at radius 1 is 0.926 bits per heavy atom. The van der Waals surface area contributed by atoms with E-state index >= 15 is 0 Å². The van der Waals surface area contributed by atoms with Crippen LogP contribution in [0, 0.1) is 0 Å². The summed E-state index contributed by atoms with van der Waals surface area (Å²) in [5.74, 6) is 0.633. The quantitative estimate of drug-likeness (QED) is 0.501. The van der Waals surface area contributed by atoms with Crippen molar-refractivity contribution in [1.82, 2.24) is 10.2 Å². The minimum absolute atomic E-state index is 0.112. The smallest absolute Gasteiger partial charge is 0.277 e. The van der Waals surface area contributed by atoms with Crippen molar-refractivity contribution in [2.45, 2.75) is 11.6 Å². The van der Waals surface area contributed by atoms with E-state index in [-0.39, 0.29) is 11.7 Å². The molecule has 5 nitrogen and oxygen atoms in total. The molecule has 0 aliphatic carbocycles. The number of nitrogens with one attached hydrogen (secondary N) is 1. The van der Waals surface area contributed by atoms with Gasteiger partial charge in [-0.1, -0.05) is 78.5 Å². The van der Waals surface area contributed by atoms with Gasteiger partial charge >= 0.3 is 0 Å². The summed E-state index contributed by atoms with van der Waals surface area (Å²) in [5.41, 5.74) is 1.90. The van der Waals surface area contributed by atoms with Crippen LogP contribution in [0.3, 0.4) is 0 Å². The van der Waals surface area contributed by atoms with Crippen molar-refractivity contribution in [3.63, 3.8) is 0 Å². The molecule has 6 heteroatoms. The number of aromatic nitrogens is 2. The second-order valence-electron chi connectivity index (χ2n) is 5.99. The van der Waals surface area contributed by atoms with Crippen molar-refractivity contribution in [2.24, 2.45) is 0 Å². The van der Waals surface area contributed by atoms with Crippen LogP contribution in [0.25, 0.3) is 10.8 Å². The maximum absolute atomic E-state index is 12.3. The van der Waals surface area contributed by atoms with Gasteiger partial charge in [0.2, 0.25) is 11.8 Å². The van der Waals surface area contributed by atoms with E-state index in [4.69, 9.17) is 4.42 Å². The molecule has 0 aliphatic rings. The molecule has 1 N–H and O–H groups in total. The van der Waals surface area contributed by atoms with Crippen molar-refractivity contribution in [1.29, 1.82) is 0 Å². The van der Waals surface area contributed by atoms with E-state index in [1.54, 1.807) is 0 Å². The van der Waals surface area contributed by atoms with E-state index in [0.29, 0.717) is 17.5 Å².